The summed E-state index contributed by atoms with van der Waals surface area (Å²) < 4.78 is 17.2. The highest BCUT2D eigenvalue weighted by atomic mass is 19.1. The molecule has 4 rings (SSSR count). The number of aromatic nitrogens is 4. The Morgan fingerprint density at radius 3 is 2.55 bits per heavy atom. The lowest BCUT2D eigenvalue weighted by Crippen LogP contribution is -2.31. The van der Waals surface area contributed by atoms with Crippen LogP contribution in [0.2, 0.25) is 0 Å². The molecule has 31 heavy (non-hydrogen) atoms. The van der Waals surface area contributed by atoms with Crippen molar-refractivity contribution >= 4 is 5.91 Å². The maximum absolute atomic E-state index is 13.4. The van der Waals surface area contributed by atoms with Crippen LogP contribution in [0.1, 0.15) is 44.7 Å². The van der Waals surface area contributed by atoms with Crippen LogP contribution >= 0.6 is 0 Å². The summed E-state index contributed by atoms with van der Waals surface area (Å²) in [5.74, 6) is 0.108. The van der Waals surface area contributed by atoms with Gasteiger partial charge >= 0.3 is 0 Å². The van der Waals surface area contributed by atoms with Crippen molar-refractivity contribution in [1.82, 2.24) is 24.6 Å². The highest BCUT2D eigenvalue weighted by Crippen LogP contribution is 2.22. The Kier molecular flexibility index (Phi) is 5.66. The first-order valence-corrected chi connectivity index (χ1v) is 10.0. The van der Waals surface area contributed by atoms with Crippen LogP contribution in [0, 0.1) is 19.7 Å². The zero-order valence-electron chi connectivity index (χ0n) is 17.7. The number of benzene rings is 2. The molecule has 1 N–H and O–H groups in total. The zero-order chi connectivity index (χ0) is 22.0. The molecule has 0 saturated carbocycles. The fourth-order valence-corrected chi connectivity index (χ4v) is 3.64. The van der Waals surface area contributed by atoms with Gasteiger partial charge in [-0.05, 0) is 55.3 Å². The second-order valence-corrected chi connectivity index (χ2v) is 7.64. The first kappa shape index (κ1) is 20.5. The molecule has 1 amide bonds. The maximum atomic E-state index is 13.4. The summed E-state index contributed by atoms with van der Waals surface area (Å²) in [7, 11) is 1.86. The summed E-state index contributed by atoms with van der Waals surface area (Å²) in [6, 6.07) is 15.1. The summed E-state index contributed by atoms with van der Waals surface area (Å²) in [5, 5.41) is 7.54. The van der Waals surface area contributed by atoms with Crippen LogP contribution in [0.4, 0.5) is 4.39 Å². The van der Waals surface area contributed by atoms with Gasteiger partial charge in [0.15, 0.2) is 0 Å². The second-order valence-electron chi connectivity index (χ2n) is 7.64. The standard InChI is InChI=1S/C24H24FN5O/c1-16-13-17(2)30(28-16)15-18-5-4-6-20(14-18)24(31)27-22(23-26-11-12-29(23)3)19-7-9-21(25)10-8-19/h4-14,22H,15H2,1-3H3,(H,27,31). The van der Waals surface area contributed by atoms with Gasteiger partial charge < -0.3 is 9.88 Å². The third-order valence-corrected chi connectivity index (χ3v) is 5.22. The zero-order valence-corrected chi connectivity index (χ0v) is 17.7. The summed E-state index contributed by atoms with van der Waals surface area (Å²) in [5.41, 5.74) is 4.31. The van der Waals surface area contributed by atoms with Gasteiger partial charge in [0.25, 0.3) is 5.91 Å². The molecule has 158 valence electrons. The van der Waals surface area contributed by atoms with E-state index < -0.39 is 6.04 Å². The number of amides is 1. The van der Waals surface area contributed by atoms with Crippen molar-refractivity contribution in [2.75, 3.05) is 0 Å². The Morgan fingerprint density at radius 1 is 1.13 bits per heavy atom. The van der Waals surface area contributed by atoms with Crippen LogP contribution in [-0.4, -0.2) is 25.2 Å². The average molecular weight is 417 g/mol. The molecular weight excluding hydrogens is 393 g/mol. The molecule has 0 spiro atoms. The Labute approximate surface area is 180 Å². The molecule has 6 nitrogen and oxygen atoms in total. The van der Waals surface area contributed by atoms with Gasteiger partial charge in [0.1, 0.15) is 17.7 Å². The number of aryl methyl sites for hydroxylation is 3. The van der Waals surface area contributed by atoms with Gasteiger partial charge in [-0.25, -0.2) is 9.37 Å². The normalized spacial score (nSPS) is 12.0. The monoisotopic (exact) mass is 417 g/mol. The molecule has 4 aromatic rings. The summed E-state index contributed by atoms with van der Waals surface area (Å²) >= 11 is 0. The molecule has 2 heterocycles. The molecule has 1 unspecified atom stereocenters. The number of imidazole rings is 1. The highest BCUT2D eigenvalue weighted by Gasteiger charge is 2.21. The van der Waals surface area contributed by atoms with Gasteiger partial charge in [0, 0.05) is 30.7 Å². The number of nitrogens with one attached hydrogen (secondary N) is 1. The molecule has 0 bridgehead atoms. The summed E-state index contributed by atoms with van der Waals surface area (Å²) in [6.45, 7) is 4.55. The lowest BCUT2D eigenvalue weighted by molar-refractivity contribution is 0.0941. The third kappa shape index (κ3) is 4.55. The minimum atomic E-state index is -0.507. The number of nitrogens with zero attached hydrogens (tertiary/aromatic N) is 4. The first-order valence-electron chi connectivity index (χ1n) is 10.0. The lowest BCUT2D eigenvalue weighted by atomic mass is 10.0. The molecule has 0 aliphatic carbocycles. The maximum Gasteiger partial charge on any atom is 0.252 e. The van der Waals surface area contributed by atoms with E-state index in [4.69, 9.17) is 0 Å². The number of hydrogen-bond donors (Lipinski definition) is 1. The van der Waals surface area contributed by atoms with E-state index in [0.717, 1.165) is 22.5 Å². The van der Waals surface area contributed by atoms with Crippen molar-refractivity contribution in [3.8, 4) is 0 Å². The number of halogens is 1. The van der Waals surface area contributed by atoms with E-state index in [9.17, 15) is 9.18 Å². The van der Waals surface area contributed by atoms with E-state index in [0.29, 0.717) is 17.9 Å². The van der Waals surface area contributed by atoms with E-state index in [2.05, 4.69) is 15.4 Å². The smallest absolute Gasteiger partial charge is 0.252 e. The van der Waals surface area contributed by atoms with E-state index >= 15 is 0 Å². The van der Waals surface area contributed by atoms with Crippen molar-refractivity contribution < 1.29 is 9.18 Å². The van der Waals surface area contributed by atoms with E-state index in [-0.39, 0.29) is 11.7 Å². The van der Waals surface area contributed by atoms with Gasteiger partial charge in [0.05, 0.1) is 12.2 Å². The largest absolute Gasteiger partial charge is 0.338 e. The molecule has 7 heteroatoms. The van der Waals surface area contributed by atoms with E-state index in [1.54, 1.807) is 24.4 Å². The van der Waals surface area contributed by atoms with Gasteiger partial charge in [-0.1, -0.05) is 24.3 Å². The van der Waals surface area contributed by atoms with Crippen LogP contribution < -0.4 is 5.32 Å². The first-order chi connectivity index (χ1) is 14.9. The molecule has 0 saturated heterocycles. The molecule has 0 fully saturated rings. The van der Waals surface area contributed by atoms with E-state index in [1.807, 2.05) is 60.6 Å². The molecular formula is C24H24FN5O. The Balaban J connectivity index is 1.59. The van der Waals surface area contributed by atoms with Crippen molar-refractivity contribution in [2.45, 2.75) is 26.4 Å². The van der Waals surface area contributed by atoms with Crippen LogP contribution in [0.25, 0.3) is 0 Å². The molecule has 1 atom stereocenters. The van der Waals surface area contributed by atoms with Gasteiger partial charge in [-0.2, -0.15) is 5.10 Å². The van der Waals surface area contributed by atoms with Crippen LogP contribution in [0.15, 0.2) is 67.0 Å². The predicted octanol–water partition coefficient (Wildman–Crippen LogP) is 3.94. The summed E-state index contributed by atoms with van der Waals surface area (Å²) in [6.07, 6.45) is 3.49. The van der Waals surface area contributed by atoms with Crippen LogP contribution in [-0.2, 0) is 13.6 Å². The van der Waals surface area contributed by atoms with Crippen LogP contribution in [0.5, 0.6) is 0 Å². The Morgan fingerprint density at radius 2 is 1.90 bits per heavy atom. The van der Waals surface area contributed by atoms with Gasteiger partial charge in [0.2, 0.25) is 0 Å². The molecule has 2 aromatic carbocycles. The molecule has 0 aliphatic rings. The molecule has 0 radical (unpaired) electrons. The SMILES string of the molecule is Cc1cc(C)n(Cc2cccc(C(=O)NC(c3ccc(F)cc3)c3nccn3C)c2)n1. The minimum absolute atomic E-state index is 0.229. The molecule has 2 aromatic heterocycles. The van der Waals surface area contributed by atoms with Gasteiger partial charge in [-0.3, -0.25) is 9.48 Å². The van der Waals surface area contributed by atoms with Gasteiger partial charge in [-0.15, -0.1) is 0 Å². The second kappa shape index (κ2) is 8.55. The van der Waals surface area contributed by atoms with Crippen molar-refractivity contribution in [3.63, 3.8) is 0 Å². The van der Waals surface area contributed by atoms with Crippen molar-refractivity contribution in [3.05, 3.63) is 107 Å². The fourth-order valence-electron chi connectivity index (χ4n) is 3.64. The number of carbonyl (C=O) groups excluding carboxylic acids is 1. The number of rotatable bonds is 6. The molecule has 0 aliphatic heterocycles. The number of hydrogen-bond acceptors (Lipinski definition) is 3. The quantitative estimate of drug-likeness (QED) is 0.517. The average Bonchev–Trinajstić information content (AvgIpc) is 3.31. The third-order valence-electron chi connectivity index (χ3n) is 5.22. The predicted molar refractivity (Wildman–Crippen MR) is 116 cm³/mol. The summed E-state index contributed by atoms with van der Waals surface area (Å²) in [4.78, 5) is 17.5. The topological polar surface area (TPSA) is 64.7 Å². The lowest BCUT2D eigenvalue weighted by Gasteiger charge is -2.19. The minimum Gasteiger partial charge on any atom is -0.338 e. The fraction of sp³-hybridized carbons (Fsp3) is 0.208. The highest BCUT2D eigenvalue weighted by molar-refractivity contribution is 5.94. The van der Waals surface area contributed by atoms with Crippen molar-refractivity contribution in [1.29, 1.82) is 0 Å². The van der Waals surface area contributed by atoms with E-state index in [1.165, 1.54) is 12.1 Å². The Bertz CT molecular complexity index is 1210. The van der Waals surface area contributed by atoms with Crippen molar-refractivity contribution in [2.24, 2.45) is 7.05 Å². The number of carbonyl (C=O) groups is 1. The van der Waals surface area contributed by atoms with Crippen LogP contribution in [0.3, 0.4) is 0 Å². The Hall–Kier alpha value is -3.74.